The molecule has 24 heavy (non-hydrogen) atoms. The summed E-state index contributed by atoms with van der Waals surface area (Å²) in [6.45, 7) is 7.57. The predicted octanol–water partition coefficient (Wildman–Crippen LogP) is 2.81. The van der Waals surface area contributed by atoms with Gasteiger partial charge in [0, 0.05) is 32.7 Å². The molecule has 0 bridgehead atoms. The summed E-state index contributed by atoms with van der Waals surface area (Å²) in [6.07, 6.45) is 0. The van der Waals surface area contributed by atoms with E-state index in [9.17, 15) is 8.42 Å². The molecule has 1 heterocycles. The van der Waals surface area contributed by atoms with Gasteiger partial charge in [-0.15, -0.1) is 0 Å². The van der Waals surface area contributed by atoms with Crippen molar-refractivity contribution in [1.82, 2.24) is 9.21 Å². The lowest BCUT2D eigenvalue weighted by molar-refractivity contribution is 0.181. The quantitative estimate of drug-likeness (QED) is 0.856. The molecule has 0 amide bonds. The normalized spacial score (nSPS) is 17.1. The van der Waals surface area contributed by atoms with Gasteiger partial charge in [-0.3, -0.25) is 4.90 Å². The summed E-state index contributed by atoms with van der Waals surface area (Å²) in [5, 5.41) is 0. The lowest BCUT2D eigenvalue weighted by Gasteiger charge is -2.34. The fourth-order valence-electron chi connectivity index (χ4n) is 3.02. The van der Waals surface area contributed by atoms with E-state index in [0.29, 0.717) is 18.0 Å². The molecule has 0 aromatic heterocycles. The Balaban J connectivity index is 1.64. The van der Waals surface area contributed by atoms with E-state index in [1.807, 2.05) is 25.1 Å². The van der Waals surface area contributed by atoms with Gasteiger partial charge in [0.2, 0.25) is 10.0 Å². The molecule has 0 unspecified atom stereocenters. The van der Waals surface area contributed by atoms with Crippen molar-refractivity contribution in [1.29, 1.82) is 0 Å². The average molecular weight is 344 g/mol. The molecule has 1 fully saturated rings. The predicted molar refractivity (Wildman–Crippen MR) is 96.4 cm³/mol. The molecule has 0 atom stereocenters. The van der Waals surface area contributed by atoms with Gasteiger partial charge in [0.25, 0.3) is 0 Å². The molecule has 4 nitrogen and oxygen atoms in total. The second-order valence-corrected chi connectivity index (χ2v) is 8.36. The Morgan fingerprint density at radius 3 is 2.12 bits per heavy atom. The first-order valence-corrected chi connectivity index (χ1v) is 9.74. The molecule has 1 saturated heterocycles. The Kier molecular flexibility index (Phi) is 5.04. The highest BCUT2D eigenvalue weighted by Crippen LogP contribution is 2.19. The largest absolute Gasteiger partial charge is 0.296 e. The van der Waals surface area contributed by atoms with Gasteiger partial charge in [-0.1, -0.05) is 42.0 Å². The van der Waals surface area contributed by atoms with Crippen LogP contribution in [0.5, 0.6) is 0 Å². The standard InChI is InChI=1S/C19H24N2O2S/c1-16-7-9-19(10-8-16)24(22,23)21-13-11-20(12-14-21)15-18-6-4-3-5-17(18)2/h3-10H,11-15H2,1-2H3. The SMILES string of the molecule is Cc1ccc(S(=O)(=O)N2CCN(Cc3ccccc3C)CC2)cc1. The first-order chi connectivity index (χ1) is 11.5. The van der Waals surface area contributed by atoms with E-state index in [2.05, 4.69) is 30.0 Å². The summed E-state index contributed by atoms with van der Waals surface area (Å²) in [5.41, 5.74) is 3.66. The van der Waals surface area contributed by atoms with Crippen molar-refractivity contribution >= 4 is 10.0 Å². The van der Waals surface area contributed by atoms with Crippen molar-refractivity contribution in [2.45, 2.75) is 25.3 Å². The maximum absolute atomic E-state index is 12.7. The van der Waals surface area contributed by atoms with Crippen LogP contribution in [0.25, 0.3) is 0 Å². The van der Waals surface area contributed by atoms with E-state index in [4.69, 9.17) is 0 Å². The minimum atomic E-state index is -3.38. The molecular formula is C19H24N2O2S. The number of hydrogen-bond donors (Lipinski definition) is 0. The van der Waals surface area contributed by atoms with Gasteiger partial charge in [-0.05, 0) is 37.1 Å². The third kappa shape index (κ3) is 3.69. The number of hydrogen-bond acceptors (Lipinski definition) is 3. The third-order valence-electron chi connectivity index (χ3n) is 4.65. The molecule has 2 aromatic carbocycles. The highest BCUT2D eigenvalue weighted by Gasteiger charge is 2.28. The number of piperazine rings is 1. The van der Waals surface area contributed by atoms with Gasteiger partial charge >= 0.3 is 0 Å². The maximum atomic E-state index is 12.7. The maximum Gasteiger partial charge on any atom is 0.243 e. The Bertz CT molecular complexity index is 792. The number of aryl methyl sites for hydroxylation is 2. The van der Waals surface area contributed by atoms with Crippen molar-refractivity contribution in [2.75, 3.05) is 26.2 Å². The summed E-state index contributed by atoms with van der Waals surface area (Å²) in [5.74, 6) is 0. The van der Waals surface area contributed by atoms with Crippen molar-refractivity contribution in [3.8, 4) is 0 Å². The first-order valence-electron chi connectivity index (χ1n) is 8.30. The Hall–Kier alpha value is -1.69. The molecule has 128 valence electrons. The number of benzene rings is 2. The van der Waals surface area contributed by atoms with Crippen LogP contribution in [0.15, 0.2) is 53.4 Å². The molecule has 1 aliphatic rings. The summed E-state index contributed by atoms with van der Waals surface area (Å²) in [4.78, 5) is 2.71. The van der Waals surface area contributed by atoms with E-state index in [1.165, 1.54) is 11.1 Å². The van der Waals surface area contributed by atoms with Gasteiger partial charge in [-0.25, -0.2) is 8.42 Å². The van der Waals surface area contributed by atoms with E-state index in [1.54, 1.807) is 16.4 Å². The highest BCUT2D eigenvalue weighted by molar-refractivity contribution is 7.89. The smallest absolute Gasteiger partial charge is 0.243 e. The van der Waals surface area contributed by atoms with Gasteiger partial charge < -0.3 is 0 Å². The molecule has 1 aliphatic heterocycles. The fraction of sp³-hybridized carbons (Fsp3) is 0.368. The minimum Gasteiger partial charge on any atom is -0.296 e. The van der Waals surface area contributed by atoms with E-state index < -0.39 is 10.0 Å². The van der Waals surface area contributed by atoms with Gasteiger partial charge in [-0.2, -0.15) is 4.31 Å². The molecule has 0 N–H and O–H groups in total. The Morgan fingerprint density at radius 2 is 1.50 bits per heavy atom. The summed E-state index contributed by atoms with van der Waals surface area (Å²) >= 11 is 0. The van der Waals surface area contributed by atoms with E-state index in [-0.39, 0.29) is 0 Å². The molecule has 2 aromatic rings. The lowest BCUT2D eigenvalue weighted by atomic mass is 10.1. The van der Waals surface area contributed by atoms with Crippen LogP contribution < -0.4 is 0 Å². The minimum absolute atomic E-state index is 0.389. The average Bonchev–Trinajstić information content (AvgIpc) is 2.58. The lowest BCUT2D eigenvalue weighted by Crippen LogP contribution is -2.48. The first kappa shape index (κ1) is 17.1. The van der Waals surface area contributed by atoms with Crippen LogP contribution in [0, 0.1) is 13.8 Å². The van der Waals surface area contributed by atoms with Crippen molar-refractivity contribution in [2.24, 2.45) is 0 Å². The van der Waals surface area contributed by atoms with Crippen LogP contribution in [0.3, 0.4) is 0 Å². The second kappa shape index (κ2) is 7.05. The summed E-state index contributed by atoms with van der Waals surface area (Å²) in [6, 6.07) is 15.5. The van der Waals surface area contributed by atoms with Gasteiger partial charge in [0.1, 0.15) is 0 Å². The van der Waals surface area contributed by atoms with Gasteiger partial charge in [0.05, 0.1) is 4.90 Å². The zero-order chi connectivity index (χ0) is 17.2. The zero-order valence-corrected chi connectivity index (χ0v) is 15.1. The van der Waals surface area contributed by atoms with Crippen molar-refractivity contribution in [3.63, 3.8) is 0 Å². The molecule has 5 heteroatoms. The third-order valence-corrected chi connectivity index (χ3v) is 6.56. The number of sulfonamides is 1. The molecule has 3 rings (SSSR count). The number of rotatable bonds is 4. The highest BCUT2D eigenvalue weighted by atomic mass is 32.2. The summed E-state index contributed by atoms with van der Waals surface area (Å²) < 4.78 is 27.1. The van der Waals surface area contributed by atoms with Crippen LogP contribution in [0.4, 0.5) is 0 Å². The van der Waals surface area contributed by atoms with Crippen molar-refractivity contribution in [3.05, 3.63) is 65.2 Å². The Labute approximate surface area is 144 Å². The fourth-order valence-corrected chi connectivity index (χ4v) is 4.44. The Morgan fingerprint density at radius 1 is 0.875 bits per heavy atom. The van der Waals surface area contributed by atoms with Crippen LogP contribution >= 0.6 is 0 Å². The van der Waals surface area contributed by atoms with E-state index >= 15 is 0 Å². The molecule has 0 saturated carbocycles. The molecule has 0 radical (unpaired) electrons. The zero-order valence-electron chi connectivity index (χ0n) is 14.3. The van der Waals surface area contributed by atoms with Crippen molar-refractivity contribution < 1.29 is 8.42 Å². The molecule has 0 aliphatic carbocycles. The van der Waals surface area contributed by atoms with E-state index in [0.717, 1.165) is 25.2 Å². The van der Waals surface area contributed by atoms with Crippen LogP contribution in [0.2, 0.25) is 0 Å². The molecule has 0 spiro atoms. The van der Waals surface area contributed by atoms with Gasteiger partial charge in [0.15, 0.2) is 0 Å². The second-order valence-electron chi connectivity index (χ2n) is 6.42. The monoisotopic (exact) mass is 344 g/mol. The van der Waals surface area contributed by atoms with Crippen LogP contribution in [-0.2, 0) is 16.6 Å². The summed E-state index contributed by atoms with van der Waals surface area (Å²) in [7, 11) is -3.38. The van der Waals surface area contributed by atoms with Crippen LogP contribution in [0.1, 0.15) is 16.7 Å². The molecular weight excluding hydrogens is 320 g/mol. The number of nitrogens with zero attached hydrogens (tertiary/aromatic N) is 2. The topological polar surface area (TPSA) is 40.6 Å². The van der Waals surface area contributed by atoms with Crippen LogP contribution in [-0.4, -0.2) is 43.8 Å².